The van der Waals surface area contributed by atoms with Crippen LogP contribution in [-0.4, -0.2) is 0 Å². The van der Waals surface area contributed by atoms with E-state index >= 15 is 0 Å². The molecule has 2 heterocycles. The van der Waals surface area contributed by atoms with Gasteiger partial charge in [-0.1, -0.05) is 140 Å². The van der Waals surface area contributed by atoms with E-state index in [2.05, 4.69) is 170 Å². The van der Waals surface area contributed by atoms with E-state index < -0.39 is 0 Å². The highest BCUT2D eigenvalue weighted by Gasteiger charge is 2.20. The van der Waals surface area contributed by atoms with Crippen LogP contribution in [0.2, 0.25) is 0 Å². The summed E-state index contributed by atoms with van der Waals surface area (Å²) in [6, 6.07) is 65.7. The molecule has 2 nitrogen and oxygen atoms in total. The van der Waals surface area contributed by atoms with Gasteiger partial charge in [-0.3, -0.25) is 0 Å². The normalized spacial score (nSPS) is 12.1. The third-order valence-corrected chi connectivity index (χ3v) is 11.4. The van der Waals surface area contributed by atoms with Gasteiger partial charge in [-0.05, 0) is 114 Å². The molecule has 0 radical (unpaired) electrons. The van der Waals surface area contributed by atoms with Crippen molar-refractivity contribution in [3.05, 3.63) is 182 Å². The fraction of sp³-hybridized carbons (Fsp3) is 0. The molecule has 54 heavy (non-hydrogen) atoms. The summed E-state index contributed by atoms with van der Waals surface area (Å²) in [6.45, 7) is 0. The molecule has 0 N–H and O–H groups in total. The summed E-state index contributed by atoms with van der Waals surface area (Å²) in [7, 11) is 0. The van der Waals surface area contributed by atoms with Gasteiger partial charge in [0.05, 0.1) is 0 Å². The Hall–Kier alpha value is -7.16. The van der Waals surface area contributed by atoms with E-state index in [1.165, 1.54) is 65.7 Å². The summed E-state index contributed by atoms with van der Waals surface area (Å²) < 4.78 is 13.1. The lowest BCUT2D eigenvalue weighted by Crippen LogP contribution is -1.91. The van der Waals surface area contributed by atoms with E-state index in [4.69, 9.17) is 8.83 Å². The molecule has 0 atom stereocenters. The van der Waals surface area contributed by atoms with Gasteiger partial charge < -0.3 is 8.83 Å². The Balaban J connectivity index is 1.09. The molecular weight excluding hydrogens is 657 g/mol. The Morgan fingerprint density at radius 2 is 0.796 bits per heavy atom. The van der Waals surface area contributed by atoms with Crippen LogP contribution in [-0.2, 0) is 0 Å². The van der Waals surface area contributed by atoms with Crippen LogP contribution in [0.3, 0.4) is 0 Å². The molecule has 10 aromatic carbocycles. The molecule has 0 aliphatic carbocycles. The lowest BCUT2D eigenvalue weighted by Gasteiger charge is -2.18. The van der Waals surface area contributed by atoms with Crippen LogP contribution in [0, 0.1) is 0 Å². The minimum atomic E-state index is 0.874. The number of hydrogen-bond donors (Lipinski definition) is 0. The molecule has 0 fully saturated rings. The van der Waals surface area contributed by atoms with Crippen molar-refractivity contribution >= 4 is 87.0 Å². The Kier molecular flexibility index (Phi) is 6.09. The number of benzene rings is 10. The highest BCUT2D eigenvalue weighted by molar-refractivity contribution is 6.28. The zero-order chi connectivity index (χ0) is 35.3. The van der Waals surface area contributed by atoms with Crippen molar-refractivity contribution < 1.29 is 8.83 Å². The quantitative estimate of drug-likeness (QED) is 0.173. The van der Waals surface area contributed by atoms with Crippen molar-refractivity contribution in [1.29, 1.82) is 0 Å². The van der Waals surface area contributed by atoms with Crippen molar-refractivity contribution in [1.82, 2.24) is 0 Å². The third kappa shape index (κ3) is 4.22. The Bertz CT molecular complexity index is 3430. The van der Waals surface area contributed by atoms with Crippen LogP contribution in [0.25, 0.3) is 120 Å². The maximum atomic E-state index is 6.76. The van der Waals surface area contributed by atoms with Crippen molar-refractivity contribution in [2.45, 2.75) is 0 Å². The van der Waals surface area contributed by atoms with Gasteiger partial charge in [0.15, 0.2) is 0 Å². The van der Waals surface area contributed by atoms with Crippen LogP contribution in [0.5, 0.6) is 0 Å². The van der Waals surface area contributed by atoms with Gasteiger partial charge in [-0.2, -0.15) is 0 Å². The fourth-order valence-electron chi connectivity index (χ4n) is 8.98. The number of rotatable bonds is 3. The average molecular weight is 687 g/mol. The molecule has 250 valence electrons. The van der Waals surface area contributed by atoms with Crippen molar-refractivity contribution in [3.63, 3.8) is 0 Å². The first-order valence-electron chi connectivity index (χ1n) is 18.5. The highest BCUT2D eigenvalue weighted by atomic mass is 16.3. The molecule has 0 aliphatic rings. The van der Waals surface area contributed by atoms with E-state index in [1.54, 1.807) is 0 Å². The summed E-state index contributed by atoms with van der Waals surface area (Å²) >= 11 is 0. The number of hydrogen-bond acceptors (Lipinski definition) is 2. The van der Waals surface area contributed by atoms with Gasteiger partial charge in [0.25, 0.3) is 0 Å². The van der Waals surface area contributed by atoms with E-state index in [0.29, 0.717) is 0 Å². The average Bonchev–Trinajstić information content (AvgIpc) is 3.81. The lowest BCUT2D eigenvalue weighted by molar-refractivity contribution is 0.668. The zero-order valence-electron chi connectivity index (χ0n) is 29.1. The monoisotopic (exact) mass is 686 g/mol. The second-order valence-electron chi connectivity index (χ2n) is 14.4. The molecule has 0 spiro atoms. The standard InChI is InChI=1S/C52H30O2/c1-2-10-31(11-3-1)34-20-18-32-19-21-35(29-37(32)28-34)48-38-12-4-6-14-40(38)49(41-15-7-5-13-39(41)48)36-24-26-46-44(30-36)42-25-22-33-23-27-47-51(50(33)52(42)54-46)43-16-8-9-17-45(43)53-47/h1-30H. The van der Waals surface area contributed by atoms with Crippen LogP contribution in [0.4, 0.5) is 0 Å². The summed E-state index contributed by atoms with van der Waals surface area (Å²) in [4.78, 5) is 0. The van der Waals surface area contributed by atoms with Gasteiger partial charge in [0.2, 0.25) is 0 Å². The van der Waals surface area contributed by atoms with E-state index in [0.717, 1.165) is 54.6 Å². The van der Waals surface area contributed by atoms with Gasteiger partial charge in [-0.25, -0.2) is 0 Å². The first-order valence-corrected chi connectivity index (χ1v) is 18.5. The number of para-hydroxylation sites is 1. The lowest BCUT2D eigenvalue weighted by atomic mass is 9.85. The highest BCUT2D eigenvalue weighted by Crippen LogP contribution is 2.46. The SMILES string of the molecule is c1ccc(-c2ccc3ccc(-c4c5ccccc5c(-c5ccc6oc7c(ccc8ccc9oc%10ccccc%10c9c87)c6c5)c5ccccc45)cc3c2)cc1. The van der Waals surface area contributed by atoms with E-state index in [1.807, 2.05) is 12.1 Å². The van der Waals surface area contributed by atoms with Crippen molar-refractivity contribution in [3.8, 4) is 33.4 Å². The number of furan rings is 2. The topological polar surface area (TPSA) is 26.3 Å². The maximum Gasteiger partial charge on any atom is 0.144 e. The Morgan fingerprint density at radius 3 is 1.54 bits per heavy atom. The second kappa shape index (κ2) is 11.2. The molecule has 0 unspecified atom stereocenters. The van der Waals surface area contributed by atoms with Crippen molar-refractivity contribution in [2.24, 2.45) is 0 Å². The van der Waals surface area contributed by atoms with E-state index in [9.17, 15) is 0 Å². The smallest absolute Gasteiger partial charge is 0.144 e. The van der Waals surface area contributed by atoms with Crippen molar-refractivity contribution in [2.75, 3.05) is 0 Å². The van der Waals surface area contributed by atoms with Crippen LogP contribution >= 0.6 is 0 Å². The molecule has 0 saturated heterocycles. The molecule has 0 aliphatic heterocycles. The summed E-state index contributed by atoms with van der Waals surface area (Å²) in [5.74, 6) is 0. The first-order chi connectivity index (χ1) is 26.8. The molecule has 0 saturated carbocycles. The van der Waals surface area contributed by atoms with Gasteiger partial charge in [-0.15, -0.1) is 0 Å². The molecular formula is C52H30O2. The fourth-order valence-corrected chi connectivity index (χ4v) is 8.98. The van der Waals surface area contributed by atoms with Crippen LogP contribution in [0.15, 0.2) is 191 Å². The van der Waals surface area contributed by atoms with Gasteiger partial charge in [0, 0.05) is 26.9 Å². The third-order valence-electron chi connectivity index (χ3n) is 11.4. The minimum Gasteiger partial charge on any atom is -0.456 e. The van der Waals surface area contributed by atoms with Gasteiger partial charge >= 0.3 is 0 Å². The molecule has 12 aromatic rings. The minimum absolute atomic E-state index is 0.874. The zero-order valence-corrected chi connectivity index (χ0v) is 29.1. The summed E-state index contributed by atoms with van der Waals surface area (Å²) in [5, 5.41) is 14.1. The maximum absolute atomic E-state index is 6.76. The van der Waals surface area contributed by atoms with Crippen LogP contribution < -0.4 is 0 Å². The first kappa shape index (κ1) is 29.4. The Labute approximate surface area is 310 Å². The summed E-state index contributed by atoms with van der Waals surface area (Å²) in [6.07, 6.45) is 0. The second-order valence-corrected chi connectivity index (χ2v) is 14.4. The molecule has 12 rings (SSSR count). The number of fused-ring (bicyclic) bond motifs is 12. The largest absolute Gasteiger partial charge is 0.456 e. The molecule has 0 bridgehead atoms. The van der Waals surface area contributed by atoms with E-state index in [-0.39, 0.29) is 0 Å². The molecule has 0 amide bonds. The molecule has 2 heteroatoms. The van der Waals surface area contributed by atoms with Gasteiger partial charge in [0.1, 0.15) is 22.3 Å². The van der Waals surface area contributed by atoms with Crippen LogP contribution in [0.1, 0.15) is 0 Å². The summed E-state index contributed by atoms with van der Waals surface area (Å²) in [5.41, 5.74) is 10.9. The Morgan fingerprint density at radius 1 is 0.259 bits per heavy atom. The predicted molar refractivity (Wildman–Crippen MR) is 227 cm³/mol. The molecule has 2 aromatic heterocycles. The predicted octanol–water partition coefficient (Wildman–Crippen LogP) is 15.1.